The summed E-state index contributed by atoms with van der Waals surface area (Å²) >= 11 is 3.86. The van der Waals surface area contributed by atoms with Gasteiger partial charge < -0.3 is 14.8 Å². The van der Waals surface area contributed by atoms with Crippen molar-refractivity contribution >= 4 is 24.7 Å². The molecule has 0 saturated carbocycles. The molecule has 0 aromatic rings. The highest BCUT2D eigenvalue weighted by atomic mass is 32.1. The van der Waals surface area contributed by atoms with E-state index in [-0.39, 0.29) is 13.2 Å². The minimum atomic E-state index is -0.594. The second-order valence-corrected chi connectivity index (χ2v) is 3.57. The largest absolute Gasteiger partial charge is 0.460 e. The molecule has 0 radical (unpaired) electrons. The van der Waals surface area contributed by atoms with E-state index in [1.807, 2.05) is 0 Å². The second-order valence-electron chi connectivity index (χ2n) is 2.85. The fraction of sp³-hybridized carbons (Fsp3) is 0.556. The van der Waals surface area contributed by atoms with E-state index in [9.17, 15) is 9.59 Å². The van der Waals surface area contributed by atoms with Crippen LogP contribution in [0.15, 0.2) is 12.2 Å². The highest BCUT2D eigenvalue weighted by Crippen LogP contribution is 1.94. The van der Waals surface area contributed by atoms with Gasteiger partial charge in [0.15, 0.2) is 0 Å². The Hall–Kier alpha value is -1.17. The zero-order valence-corrected chi connectivity index (χ0v) is 9.67. The molecule has 0 aliphatic rings. The lowest BCUT2D eigenvalue weighted by molar-refractivity contribution is -0.138. The second kappa shape index (κ2) is 7.17. The van der Waals surface area contributed by atoms with Crippen molar-refractivity contribution in [1.29, 1.82) is 0 Å². The lowest BCUT2D eigenvalue weighted by Gasteiger charge is -2.09. The fourth-order valence-corrected chi connectivity index (χ4v) is 0.712. The zero-order valence-electron chi connectivity index (χ0n) is 8.78. The van der Waals surface area contributed by atoms with Crippen molar-refractivity contribution in [1.82, 2.24) is 5.32 Å². The average molecular weight is 233 g/mol. The molecule has 1 N–H and O–H groups in total. The van der Waals surface area contributed by atoms with Crippen molar-refractivity contribution in [2.45, 2.75) is 19.3 Å². The van der Waals surface area contributed by atoms with E-state index in [4.69, 9.17) is 4.74 Å². The van der Waals surface area contributed by atoms with Crippen molar-refractivity contribution in [2.24, 2.45) is 0 Å². The Morgan fingerprint density at radius 3 is 2.60 bits per heavy atom. The third-order valence-corrected chi connectivity index (χ3v) is 1.34. The molecule has 0 aliphatic carbocycles. The molecular formula is C9H15NO4S. The summed E-state index contributed by atoms with van der Waals surface area (Å²) in [6, 6.07) is 0. The van der Waals surface area contributed by atoms with Crippen LogP contribution in [0.1, 0.15) is 13.8 Å². The molecule has 0 bridgehead atoms. The monoisotopic (exact) mass is 233 g/mol. The van der Waals surface area contributed by atoms with Gasteiger partial charge in [-0.15, -0.1) is 12.6 Å². The average Bonchev–Trinajstić information content (AvgIpc) is 2.10. The number of carbonyl (C=O) groups excluding carboxylic acids is 2. The molecule has 15 heavy (non-hydrogen) atoms. The van der Waals surface area contributed by atoms with Gasteiger partial charge in [-0.25, -0.2) is 9.59 Å². The third-order valence-electron chi connectivity index (χ3n) is 1.23. The van der Waals surface area contributed by atoms with Gasteiger partial charge in [0.05, 0.1) is 6.54 Å². The van der Waals surface area contributed by atoms with Crippen LogP contribution < -0.4 is 5.32 Å². The molecule has 0 aromatic carbocycles. The van der Waals surface area contributed by atoms with Crippen LogP contribution in [-0.4, -0.2) is 30.7 Å². The summed E-state index contributed by atoms with van der Waals surface area (Å²) < 4.78 is 9.39. The number of thiol groups is 1. The Morgan fingerprint density at radius 1 is 1.53 bits per heavy atom. The van der Waals surface area contributed by atoms with Gasteiger partial charge in [0, 0.05) is 5.57 Å². The van der Waals surface area contributed by atoms with Gasteiger partial charge >= 0.3 is 12.1 Å². The van der Waals surface area contributed by atoms with E-state index < -0.39 is 17.5 Å². The maximum absolute atomic E-state index is 10.9. The molecule has 1 amide bonds. The Labute approximate surface area is 94.2 Å². The van der Waals surface area contributed by atoms with Crippen molar-refractivity contribution in [2.75, 3.05) is 13.2 Å². The third kappa shape index (κ3) is 7.87. The van der Waals surface area contributed by atoms with Gasteiger partial charge in [-0.05, 0) is 13.8 Å². The van der Waals surface area contributed by atoms with E-state index in [0.717, 1.165) is 0 Å². The predicted molar refractivity (Wildman–Crippen MR) is 58.7 cm³/mol. The normalized spacial score (nSPS) is 11.4. The van der Waals surface area contributed by atoms with Crippen LogP contribution in [-0.2, 0) is 14.3 Å². The Kier molecular flexibility index (Phi) is 6.61. The van der Waals surface area contributed by atoms with Gasteiger partial charge in [-0.1, -0.05) is 6.58 Å². The van der Waals surface area contributed by atoms with E-state index in [0.29, 0.717) is 5.57 Å². The molecule has 1 unspecified atom stereocenters. The van der Waals surface area contributed by atoms with Crippen molar-refractivity contribution in [3.63, 3.8) is 0 Å². The summed E-state index contributed by atoms with van der Waals surface area (Å²) in [6.45, 7) is 6.85. The van der Waals surface area contributed by atoms with Crippen LogP contribution in [0.2, 0.25) is 0 Å². The summed E-state index contributed by atoms with van der Waals surface area (Å²) in [7, 11) is 0. The van der Waals surface area contributed by atoms with E-state index in [1.54, 1.807) is 13.8 Å². The number of carbonyl (C=O) groups is 2. The number of ether oxygens (including phenoxy) is 2. The number of alkyl carbamates (subject to hydrolysis) is 1. The summed E-state index contributed by atoms with van der Waals surface area (Å²) in [4.78, 5) is 21.8. The predicted octanol–water partition coefficient (Wildman–Crippen LogP) is 1.11. The number of rotatable bonds is 5. The van der Waals surface area contributed by atoms with Gasteiger partial charge in [0.2, 0.25) is 0 Å². The molecule has 0 fully saturated rings. The standard InChI is InChI=1S/C9H15NO4S/c1-6(2)8(11)13-5-4-10-9(12)14-7(3)15/h7,15H,1,4-5H2,2-3H3,(H,10,12). The van der Waals surface area contributed by atoms with Crippen LogP contribution >= 0.6 is 12.6 Å². The van der Waals surface area contributed by atoms with Crippen LogP contribution in [0, 0.1) is 0 Å². The summed E-state index contributed by atoms with van der Waals surface area (Å²) in [6.07, 6.45) is -0.594. The van der Waals surface area contributed by atoms with Crippen LogP contribution in [0.25, 0.3) is 0 Å². The molecular weight excluding hydrogens is 218 g/mol. The maximum atomic E-state index is 10.9. The molecule has 86 valence electrons. The molecule has 0 heterocycles. The lowest BCUT2D eigenvalue weighted by Crippen LogP contribution is -2.30. The van der Waals surface area contributed by atoms with Crippen LogP contribution in [0.3, 0.4) is 0 Å². The number of nitrogens with one attached hydrogen (secondary N) is 1. The molecule has 0 aliphatic heterocycles. The Balaban J connectivity index is 3.50. The van der Waals surface area contributed by atoms with Gasteiger partial charge in [0.1, 0.15) is 12.0 Å². The quantitative estimate of drug-likeness (QED) is 0.245. The minimum absolute atomic E-state index is 0.0851. The first-order valence-electron chi connectivity index (χ1n) is 4.38. The van der Waals surface area contributed by atoms with Gasteiger partial charge in [0.25, 0.3) is 0 Å². The summed E-state index contributed by atoms with van der Waals surface area (Å²) in [5, 5.41) is 2.39. The molecule has 6 heteroatoms. The highest BCUT2D eigenvalue weighted by Gasteiger charge is 2.05. The molecule has 0 spiro atoms. The smallest absolute Gasteiger partial charge is 0.408 e. The van der Waals surface area contributed by atoms with E-state index >= 15 is 0 Å². The summed E-state index contributed by atoms with van der Waals surface area (Å²) in [5.41, 5.74) is -0.149. The maximum Gasteiger partial charge on any atom is 0.408 e. The molecule has 0 aromatic heterocycles. The first-order chi connectivity index (χ1) is 6.93. The first-order valence-corrected chi connectivity index (χ1v) is 4.90. The zero-order chi connectivity index (χ0) is 11.8. The molecule has 1 atom stereocenters. The first kappa shape index (κ1) is 13.8. The fourth-order valence-electron chi connectivity index (χ4n) is 0.617. The number of hydrogen-bond acceptors (Lipinski definition) is 5. The van der Waals surface area contributed by atoms with Gasteiger partial charge in [-0.2, -0.15) is 0 Å². The number of amides is 1. The minimum Gasteiger partial charge on any atom is -0.460 e. The highest BCUT2D eigenvalue weighted by molar-refractivity contribution is 7.80. The van der Waals surface area contributed by atoms with E-state index in [2.05, 4.69) is 29.3 Å². The SMILES string of the molecule is C=C(C)C(=O)OCCNC(=O)OC(C)S. The van der Waals surface area contributed by atoms with Crippen molar-refractivity contribution in [3.8, 4) is 0 Å². The molecule has 0 saturated heterocycles. The Bertz CT molecular complexity index is 252. The number of hydrogen-bond donors (Lipinski definition) is 2. The van der Waals surface area contributed by atoms with Gasteiger partial charge in [-0.3, -0.25) is 0 Å². The van der Waals surface area contributed by atoms with Crippen LogP contribution in [0.4, 0.5) is 4.79 Å². The number of esters is 1. The molecule has 5 nitrogen and oxygen atoms in total. The van der Waals surface area contributed by atoms with Crippen molar-refractivity contribution < 1.29 is 19.1 Å². The topological polar surface area (TPSA) is 64.6 Å². The summed E-state index contributed by atoms with van der Waals surface area (Å²) in [5.74, 6) is -0.479. The molecule has 0 rings (SSSR count). The van der Waals surface area contributed by atoms with Crippen molar-refractivity contribution in [3.05, 3.63) is 12.2 Å². The van der Waals surface area contributed by atoms with E-state index in [1.165, 1.54) is 0 Å². The lowest BCUT2D eigenvalue weighted by atomic mass is 10.4. The Morgan fingerprint density at radius 2 is 2.13 bits per heavy atom. The van der Waals surface area contributed by atoms with Crippen LogP contribution in [0.5, 0.6) is 0 Å².